The molecule has 0 radical (unpaired) electrons. The largest absolute Gasteiger partial charge is 0.460 e. The number of carbonyl (C=O) groups excluding carboxylic acids is 6. The van der Waals surface area contributed by atoms with Crippen LogP contribution in [0.25, 0.3) is 10.4 Å². The minimum absolute atomic E-state index is 0.0412. The molecule has 0 aromatic carbocycles. The van der Waals surface area contributed by atoms with Gasteiger partial charge in [0, 0.05) is 28.9 Å². The highest BCUT2D eigenvalue weighted by molar-refractivity contribution is 5.88. The quantitative estimate of drug-likeness (QED) is 0.0329. The maximum Gasteiger partial charge on any atom is 0.384 e. The van der Waals surface area contributed by atoms with Crippen molar-refractivity contribution >= 4 is 35.8 Å². The van der Waals surface area contributed by atoms with Crippen molar-refractivity contribution in [3.63, 3.8) is 0 Å². The van der Waals surface area contributed by atoms with Crippen LogP contribution < -0.4 is 0 Å². The summed E-state index contributed by atoms with van der Waals surface area (Å²) >= 11 is 0. The summed E-state index contributed by atoms with van der Waals surface area (Å²) in [5.74, 6) is 4.09. The SMILES string of the molecule is C#CC(=O)OC(C)(C)C.C#CCC(=O)OC(C)(C)C.C#CCCC(=O)OC(C)(C)C.C=C(C)C(=O)OC(C)(C)C.C=CC(=O)OC(C)C.CC(C)(C)OC(=O)CN=[N+]=[N-]. The molecule has 0 aromatic rings. The van der Waals surface area contributed by atoms with Crippen molar-refractivity contribution in [2.24, 2.45) is 5.11 Å². The molecule has 0 unspecified atom stereocenters. The van der Waals surface area contributed by atoms with Crippen LogP contribution in [-0.4, -0.2) is 76.5 Å². The number of terminal acetylenes is 3. The number of rotatable bonds is 8. The van der Waals surface area contributed by atoms with Gasteiger partial charge in [-0.2, -0.15) is 0 Å². The number of esters is 6. The summed E-state index contributed by atoms with van der Waals surface area (Å²) < 4.78 is 29.1. The van der Waals surface area contributed by atoms with Crippen LogP contribution in [0.2, 0.25) is 0 Å². The second kappa shape index (κ2) is 33.3. The summed E-state index contributed by atoms with van der Waals surface area (Å²) in [6.07, 6.45) is 16.6. The smallest absolute Gasteiger partial charge is 0.384 e. The maximum absolute atomic E-state index is 10.9. The average Bonchev–Trinajstić information content (AvgIpc) is 3.00. The molecule has 0 saturated carbocycles. The zero-order valence-corrected chi connectivity index (χ0v) is 38.9. The van der Waals surface area contributed by atoms with Crippen molar-refractivity contribution in [1.82, 2.24) is 0 Å². The van der Waals surface area contributed by atoms with Gasteiger partial charge in [-0.15, -0.1) is 25.2 Å². The molecular formula is C44H71N3O12. The van der Waals surface area contributed by atoms with Gasteiger partial charge in [0.25, 0.3) is 0 Å². The first-order chi connectivity index (χ1) is 26.3. The minimum Gasteiger partial charge on any atom is -0.460 e. The van der Waals surface area contributed by atoms with E-state index in [0.717, 1.165) is 6.08 Å². The lowest BCUT2D eigenvalue weighted by atomic mass is 10.2. The molecule has 0 bridgehead atoms. The second-order valence-electron chi connectivity index (χ2n) is 16.9. The topological polar surface area (TPSA) is 207 Å². The molecule has 0 aromatic heterocycles. The number of azide groups is 1. The van der Waals surface area contributed by atoms with Crippen LogP contribution in [0.3, 0.4) is 0 Å². The molecule has 0 spiro atoms. The number of hydrogen-bond acceptors (Lipinski definition) is 13. The van der Waals surface area contributed by atoms with E-state index < -0.39 is 39.9 Å². The first-order valence-electron chi connectivity index (χ1n) is 18.3. The zero-order valence-electron chi connectivity index (χ0n) is 38.9. The first-order valence-corrected chi connectivity index (χ1v) is 18.3. The van der Waals surface area contributed by atoms with E-state index in [2.05, 4.69) is 39.8 Å². The van der Waals surface area contributed by atoms with Gasteiger partial charge < -0.3 is 28.4 Å². The fourth-order valence-corrected chi connectivity index (χ4v) is 2.44. The Labute approximate surface area is 354 Å². The molecule has 59 heavy (non-hydrogen) atoms. The number of ether oxygens (including phenoxy) is 6. The standard InChI is InChI=1S/C9H14O2.C8H14O2.C8H12O2.C7H10O2.C6H11N3O2.C6H10O2/c1-5-6-7-8(10)11-9(2,3)4;1-6(2)7(9)10-8(3,4)5;1-5-6-7(9)10-8(2,3)4;1-5-6(8)9-7(2,3)4;1-6(2,3)11-5(10)4-8-9-7;1-4-6(7)8-5(2)3/h1H,6-7H2,2-4H3;1H2,2-5H3;1H,6H2,2-4H3;1H,2-4H3;4H2,1-3H3;4-5H,1H2,2-3H3. The van der Waals surface area contributed by atoms with Gasteiger partial charge >= 0.3 is 35.8 Å². The Kier molecular flexibility index (Phi) is 36.8. The molecule has 0 heterocycles. The molecule has 0 amide bonds. The van der Waals surface area contributed by atoms with E-state index in [4.69, 9.17) is 48.5 Å². The molecule has 0 N–H and O–H groups in total. The summed E-state index contributed by atoms with van der Waals surface area (Å²) in [7, 11) is 0. The Hall–Kier alpha value is -5.71. The van der Waals surface area contributed by atoms with Crippen LogP contribution in [0.1, 0.15) is 144 Å². The third-order valence-corrected chi connectivity index (χ3v) is 4.03. The predicted octanol–water partition coefficient (Wildman–Crippen LogP) is 8.72. The summed E-state index contributed by atoms with van der Waals surface area (Å²) in [4.78, 5) is 66.2. The van der Waals surface area contributed by atoms with Gasteiger partial charge in [-0.3, -0.25) is 14.4 Å². The van der Waals surface area contributed by atoms with Crippen LogP contribution in [0, 0.1) is 37.0 Å². The Balaban J connectivity index is -0.000000143. The average molecular weight is 834 g/mol. The lowest BCUT2D eigenvalue weighted by Crippen LogP contribution is -2.25. The van der Waals surface area contributed by atoms with E-state index in [0.29, 0.717) is 18.4 Å². The van der Waals surface area contributed by atoms with Crippen molar-refractivity contribution in [2.45, 2.75) is 178 Å². The van der Waals surface area contributed by atoms with Crippen molar-refractivity contribution in [2.75, 3.05) is 6.54 Å². The van der Waals surface area contributed by atoms with E-state index >= 15 is 0 Å². The maximum atomic E-state index is 10.9. The first kappa shape index (κ1) is 65.2. The van der Waals surface area contributed by atoms with Gasteiger partial charge in [-0.1, -0.05) is 24.2 Å². The van der Waals surface area contributed by atoms with E-state index in [-0.39, 0.29) is 42.9 Å². The van der Waals surface area contributed by atoms with Crippen LogP contribution in [0.15, 0.2) is 29.9 Å². The van der Waals surface area contributed by atoms with Crippen molar-refractivity contribution in [1.29, 1.82) is 0 Å². The van der Waals surface area contributed by atoms with Crippen LogP contribution >= 0.6 is 0 Å². The summed E-state index contributed by atoms with van der Waals surface area (Å²) in [6, 6.07) is 0. The molecule has 0 saturated heterocycles. The Morgan fingerprint density at radius 1 is 0.678 bits per heavy atom. The molecule has 0 aliphatic rings. The predicted molar refractivity (Wildman–Crippen MR) is 230 cm³/mol. The van der Waals surface area contributed by atoms with Gasteiger partial charge in [-0.05, 0) is 130 Å². The van der Waals surface area contributed by atoms with Crippen molar-refractivity contribution in [3.05, 3.63) is 35.2 Å². The van der Waals surface area contributed by atoms with Crippen molar-refractivity contribution < 1.29 is 57.2 Å². The number of nitrogens with zero attached hydrogens (tertiary/aromatic N) is 3. The van der Waals surface area contributed by atoms with Gasteiger partial charge in [0.1, 0.15) is 41.0 Å². The molecule has 15 heteroatoms. The number of carbonyl (C=O) groups is 6. The fourth-order valence-electron chi connectivity index (χ4n) is 2.44. The molecule has 0 aliphatic heterocycles. The Morgan fingerprint density at radius 2 is 1.07 bits per heavy atom. The molecule has 0 atom stereocenters. The van der Waals surface area contributed by atoms with Gasteiger partial charge in [0.15, 0.2) is 0 Å². The third kappa shape index (κ3) is 73.9. The van der Waals surface area contributed by atoms with E-state index in [9.17, 15) is 28.8 Å². The van der Waals surface area contributed by atoms with E-state index in [1.807, 2.05) is 47.5 Å². The van der Waals surface area contributed by atoms with Crippen LogP contribution in [-0.2, 0) is 57.2 Å². The highest BCUT2D eigenvalue weighted by atomic mass is 16.6. The second-order valence-corrected chi connectivity index (χ2v) is 16.9. The summed E-state index contributed by atoms with van der Waals surface area (Å²) in [5.41, 5.74) is 6.10. The zero-order chi connectivity index (χ0) is 48.4. The third-order valence-electron chi connectivity index (χ3n) is 4.03. The van der Waals surface area contributed by atoms with Gasteiger partial charge in [-0.25, -0.2) is 14.4 Å². The molecular weight excluding hydrogens is 762 g/mol. The van der Waals surface area contributed by atoms with E-state index in [1.54, 1.807) is 83.1 Å². The lowest BCUT2D eigenvalue weighted by Gasteiger charge is -2.19. The molecule has 0 rings (SSSR count). The molecule has 0 fully saturated rings. The fraction of sp³-hybridized carbons (Fsp3) is 0.636. The van der Waals surface area contributed by atoms with Gasteiger partial charge in [0.05, 0.1) is 12.5 Å². The molecule has 0 aliphatic carbocycles. The van der Waals surface area contributed by atoms with Crippen LogP contribution in [0.5, 0.6) is 0 Å². The molecule has 334 valence electrons. The van der Waals surface area contributed by atoms with Crippen molar-refractivity contribution in [3.8, 4) is 37.0 Å². The summed E-state index contributed by atoms with van der Waals surface area (Å²) in [5, 5.41) is 3.06. The number of hydrogen-bond donors (Lipinski definition) is 0. The highest BCUT2D eigenvalue weighted by Gasteiger charge is 2.18. The van der Waals surface area contributed by atoms with Crippen LogP contribution in [0.4, 0.5) is 0 Å². The Morgan fingerprint density at radius 3 is 1.31 bits per heavy atom. The lowest BCUT2D eigenvalue weighted by molar-refractivity contribution is -0.155. The normalized spacial score (nSPS) is 10.1. The summed E-state index contributed by atoms with van der Waals surface area (Å²) in [6.45, 7) is 38.6. The Bertz CT molecular complexity index is 1500. The molecule has 15 nitrogen and oxygen atoms in total. The van der Waals surface area contributed by atoms with Gasteiger partial charge in [0.2, 0.25) is 0 Å². The highest BCUT2D eigenvalue weighted by Crippen LogP contribution is 2.11. The van der Waals surface area contributed by atoms with E-state index in [1.165, 1.54) is 0 Å². The monoisotopic (exact) mass is 834 g/mol. The minimum atomic E-state index is -0.609.